The molecule has 0 aliphatic heterocycles. The van der Waals surface area contributed by atoms with Crippen molar-refractivity contribution in [3.8, 4) is 5.69 Å². The highest BCUT2D eigenvalue weighted by molar-refractivity contribution is 5.93. The molecule has 202 valence electrons. The Kier molecular flexibility index (Phi) is 6.04. The van der Waals surface area contributed by atoms with Gasteiger partial charge in [0.1, 0.15) is 5.82 Å². The van der Waals surface area contributed by atoms with E-state index in [0.29, 0.717) is 24.9 Å². The van der Waals surface area contributed by atoms with Gasteiger partial charge in [-0.05, 0) is 86.6 Å². The van der Waals surface area contributed by atoms with Crippen LogP contribution in [0.1, 0.15) is 43.0 Å². The molecule has 0 bridgehead atoms. The molecule has 3 aliphatic rings. The maximum absolute atomic E-state index is 14.3. The van der Waals surface area contributed by atoms with Gasteiger partial charge in [0.05, 0.1) is 29.4 Å². The van der Waals surface area contributed by atoms with E-state index in [9.17, 15) is 22.4 Å². The number of halogens is 4. The zero-order chi connectivity index (χ0) is 27.5. The number of rotatable bonds is 3. The van der Waals surface area contributed by atoms with E-state index in [0.717, 1.165) is 33.7 Å². The monoisotopic (exact) mass is 535 g/mol. The van der Waals surface area contributed by atoms with Crippen LogP contribution in [-0.4, -0.2) is 21.9 Å². The number of aromatic nitrogens is 2. The number of carbonyl (C=O) groups excluding carboxylic acids is 1. The maximum Gasteiger partial charge on any atom is 0.392 e. The van der Waals surface area contributed by atoms with Crippen LogP contribution in [-0.2, 0) is 11.2 Å². The number of fused-ring (bicyclic) bond motifs is 4. The summed E-state index contributed by atoms with van der Waals surface area (Å²) in [4.78, 5) is 13.5. The van der Waals surface area contributed by atoms with Crippen LogP contribution in [0, 0.1) is 35.9 Å². The van der Waals surface area contributed by atoms with Gasteiger partial charge in [0, 0.05) is 11.1 Å². The molecule has 4 atom stereocenters. The molecule has 6 rings (SSSR count). The molecule has 8 heteroatoms. The average Bonchev–Trinajstić information content (AvgIpc) is 3.29. The van der Waals surface area contributed by atoms with E-state index in [4.69, 9.17) is 0 Å². The molecular weight excluding hydrogens is 506 g/mol. The number of aryl methyl sites for hydroxylation is 1. The van der Waals surface area contributed by atoms with Gasteiger partial charge in [-0.15, -0.1) is 0 Å². The molecule has 3 aliphatic carbocycles. The van der Waals surface area contributed by atoms with Gasteiger partial charge in [0.2, 0.25) is 5.91 Å². The number of hydrogen-bond donors (Lipinski definition) is 1. The Labute approximate surface area is 224 Å². The van der Waals surface area contributed by atoms with E-state index in [1.165, 1.54) is 12.1 Å². The lowest BCUT2D eigenvalue weighted by atomic mass is 9.54. The molecule has 39 heavy (non-hydrogen) atoms. The second kappa shape index (κ2) is 9.21. The first-order chi connectivity index (χ1) is 18.5. The van der Waals surface area contributed by atoms with Crippen molar-refractivity contribution >= 4 is 17.7 Å². The van der Waals surface area contributed by atoms with Crippen molar-refractivity contribution in [1.29, 1.82) is 0 Å². The number of amides is 1. The van der Waals surface area contributed by atoms with Crippen LogP contribution >= 0.6 is 0 Å². The fraction of sp³-hybridized carbons (Fsp3) is 0.355. The number of allylic oxidation sites excluding steroid dienone is 3. The molecule has 1 aromatic heterocycles. The molecule has 1 amide bonds. The normalized spacial score (nSPS) is 26.1. The second-order valence-corrected chi connectivity index (χ2v) is 11.2. The first-order valence-electron chi connectivity index (χ1n) is 13.2. The number of benzene rings is 2. The number of carbonyl (C=O) groups is 1. The molecule has 4 nitrogen and oxygen atoms in total. The molecule has 1 unspecified atom stereocenters. The summed E-state index contributed by atoms with van der Waals surface area (Å²) in [6.07, 6.45) is 2.56. The van der Waals surface area contributed by atoms with Gasteiger partial charge in [-0.2, -0.15) is 18.3 Å². The fourth-order valence-corrected chi connectivity index (χ4v) is 6.80. The number of nitrogens with one attached hydrogen (secondary N) is 1. The van der Waals surface area contributed by atoms with Crippen LogP contribution in [0.2, 0.25) is 0 Å². The summed E-state index contributed by atoms with van der Waals surface area (Å²) in [5, 5.41) is 7.33. The zero-order valence-corrected chi connectivity index (χ0v) is 21.7. The number of alkyl halides is 3. The Balaban J connectivity index is 1.35. The van der Waals surface area contributed by atoms with E-state index >= 15 is 0 Å². The largest absolute Gasteiger partial charge is 0.392 e. The van der Waals surface area contributed by atoms with Gasteiger partial charge < -0.3 is 5.32 Å². The Morgan fingerprint density at radius 3 is 2.51 bits per heavy atom. The standard InChI is InChI=1S/C31H29F4N3O/c1-18-3-8-22(9-4-18)37-29(39)28-24-12-5-20-15-27-19(17-36-38(27)23-10-6-21(32)7-11-23)16-30(20,2)25(24)13-14-26(28)31(33,34)35/h3-4,6-11,13,15,17,24,26,28H,5,12,14,16H2,1-2H3,(H,37,39)/t24?,26-,28-,30+/m1/s1. The summed E-state index contributed by atoms with van der Waals surface area (Å²) in [6.45, 7) is 3.99. The zero-order valence-electron chi connectivity index (χ0n) is 21.7. The molecule has 1 N–H and O–H groups in total. The average molecular weight is 536 g/mol. The summed E-state index contributed by atoms with van der Waals surface area (Å²) in [7, 11) is 0. The minimum atomic E-state index is -4.48. The van der Waals surface area contributed by atoms with Crippen LogP contribution in [0.3, 0.4) is 0 Å². The van der Waals surface area contributed by atoms with Crippen molar-refractivity contribution in [3.63, 3.8) is 0 Å². The number of hydrogen-bond acceptors (Lipinski definition) is 2. The number of nitrogens with zero attached hydrogens (tertiary/aromatic N) is 2. The van der Waals surface area contributed by atoms with Crippen molar-refractivity contribution in [1.82, 2.24) is 9.78 Å². The molecule has 0 spiro atoms. The highest BCUT2D eigenvalue weighted by Crippen LogP contribution is 2.59. The highest BCUT2D eigenvalue weighted by Gasteiger charge is 2.56. The summed E-state index contributed by atoms with van der Waals surface area (Å²) in [6, 6.07) is 13.2. The van der Waals surface area contributed by atoms with Crippen LogP contribution in [0.4, 0.5) is 23.2 Å². The minimum Gasteiger partial charge on any atom is -0.326 e. The quantitative estimate of drug-likeness (QED) is 0.280. The van der Waals surface area contributed by atoms with Crippen molar-refractivity contribution < 1.29 is 22.4 Å². The fourth-order valence-electron chi connectivity index (χ4n) is 6.80. The lowest BCUT2D eigenvalue weighted by molar-refractivity contribution is -0.196. The smallest absolute Gasteiger partial charge is 0.326 e. The van der Waals surface area contributed by atoms with Gasteiger partial charge in [0.15, 0.2) is 0 Å². The third-order valence-corrected chi connectivity index (χ3v) is 8.78. The van der Waals surface area contributed by atoms with Crippen LogP contribution < -0.4 is 5.32 Å². The highest BCUT2D eigenvalue weighted by atomic mass is 19.4. The van der Waals surface area contributed by atoms with Gasteiger partial charge in [-0.25, -0.2) is 9.07 Å². The van der Waals surface area contributed by atoms with E-state index < -0.39 is 35.3 Å². The maximum atomic E-state index is 14.3. The summed E-state index contributed by atoms with van der Waals surface area (Å²) >= 11 is 0. The molecule has 1 heterocycles. The Morgan fingerprint density at radius 1 is 1.10 bits per heavy atom. The summed E-state index contributed by atoms with van der Waals surface area (Å²) in [5.74, 6) is -4.34. The number of anilines is 1. The van der Waals surface area contributed by atoms with Gasteiger partial charge in [0.25, 0.3) is 0 Å². The SMILES string of the molecule is Cc1ccc(NC(=O)[C@@H]2C3CCC4=Cc5c(cnn5-c5ccc(F)cc5)C[C@]4(C)C3=CC[C@H]2C(F)(F)F)cc1. The summed E-state index contributed by atoms with van der Waals surface area (Å²) in [5.41, 5.74) is 5.69. The van der Waals surface area contributed by atoms with Crippen LogP contribution in [0.15, 0.2) is 72.0 Å². The predicted molar refractivity (Wildman–Crippen MR) is 142 cm³/mol. The second-order valence-electron chi connectivity index (χ2n) is 11.2. The van der Waals surface area contributed by atoms with Crippen LogP contribution in [0.25, 0.3) is 11.8 Å². The van der Waals surface area contributed by atoms with Gasteiger partial charge in [-0.3, -0.25) is 4.79 Å². The molecule has 0 radical (unpaired) electrons. The van der Waals surface area contributed by atoms with E-state index in [1.54, 1.807) is 41.2 Å². The Bertz CT molecular complexity index is 1480. The van der Waals surface area contributed by atoms with E-state index in [-0.39, 0.29) is 12.2 Å². The Morgan fingerprint density at radius 2 is 1.82 bits per heavy atom. The molecule has 1 fully saturated rings. The van der Waals surface area contributed by atoms with E-state index in [2.05, 4.69) is 23.4 Å². The topological polar surface area (TPSA) is 46.9 Å². The van der Waals surface area contributed by atoms with Crippen LogP contribution in [0.5, 0.6) is 0 Å². The van der Waals surface area contributed by atoms with E-state index in [1.807, 2.05) is 19.1 Å². The summed E-state index contributed by atoms with van der Waals surface area (Å²) < 4.78 is 58.0. The third kappa shape index (κ3) is 4.39. The van der Waals surface area contributed by atoms with Gasteiger partial charge in [-0.1, -0.05) is 41.8 Å². The molecule has 0 saturated heterocycles. The molecule has 2 aromatic carbocycles. The first kappa shape index (κ1) is 25.6. The van der Waals surface area contributed by atoms with Crippen molar-refractivity contribution in [3.05, 3.63) is 94.6 Å². The minimum absolute atomic E-state index is 0.216. The predicted octanol–water partition coefficient (Wildman–Crippen LogP) is 7.44. The molecule has 3 aromatic rings. The third-order valence-electron chi connectivity index (χ3n) is 8.78. The molecule has 1 saturated carbocycles. The molecular formula is C31H29F4N3O. The van der Waals surface area contributed by atoms with Gasteiger partial charge >= 0.3 is 6.18 Å². The Hall–Kier alpha value is -3.68. The van der Waals surface area contributed by atoms with Crippen molar-refractivity contribution in [2.24, 2.45) is 23.2 Å². The van der Waals surface area contributed by atoms with Crippen molar-refractivity contribution in [2.45, 2.75) is 45.7 Å². The lowest BCUT2D eigenvalue weighted by Gasteiger charge is -2.50. The van der Waals surface area contributed by atoms with Crippen molar-refractivity contribution in [2.75, 3.05) is 5.32 Å². The lowest BCUT2D eigenvalue weighted by Crippen LogP contribution is -2.49. The first-order valence-corrected chi connectivity index (χ1v) is 13.2.